The van der Waals surface area contributed by atoms with E-state index in [2.05, 4.69) is 48.4 Å². The lowest BCUT2D eigenvalue weighted by Gasteiger charge is -2.36. The number of pyridine rings is 1. The van der Waals surface area contributed by atoms with E-state index in [1.807, 2.05) is 18.2 Å². The van der Waals surface area contributed by atoms with E-state index < -0.39 is 0 Å². The number of para-hydroxylation sites is 1. The topological polar surface area (TPSA) is 102 Å². The molecule has 0 radical (unpaired) electrons. The van der Waals surface area contributed by atoms with Crippen molar-refractivity contribution in [1.82, 2.24) is 24.8 Å². The first-order chi connectivity index (χ1) is 15.1. The number of aliphatic hydroxyl groups is 1. The van der Waals surface area contributed by atoms with Crippen LogP contribution in [0.1, 0.15) is 18.5 Å². The lowest BCUT2D eigenvalue weighted by Crippen LogP contribution is -2.47. The smallest absolute Gasteiger partial charge is 0.227 e. The number of aliphatic hydroxyl groups excluding tert-OH is 1. The third-order valence-electron chi connectivity index (χ3n) is 5.50. The van der Waals surface area contributed by atoms with E-state index >= 15 is 0 Å². The number of rotatable bonds is 7. The monoisotopic (exact) mass is 442 g/mol. The molecule has 1 aliphatic rings. The Morgan fingerprint density at radius 3 is 2.65 bits per heavy atom. The number of fused-ring (bicyclic) bond motifs is 1. The van der Waals surface area contributed by atoms with Crippen LogP contribution in [0.15, 0.2) is 30.6 Å². The summed E-state index contributed by atoms with van der Waals surface area (Å²) in [5.74, 6) is 1.91. The molecular weight excluding hydrogens is 416 g/mol. The fraction of sp³-hybridized carbons (Fsp3) is 0.429. The minimum absolute atomic E-state index is 0.0894. The molecule has 3 heterocycles. The summed E-state index contributed by atoms with van der Waals surface area (Å²) in [6, 6.07) is 7.88. The molecule has 3 aromatic rings. The van der Waals surface area contributed by atoms with Crippen LogP contribution in [0.3, 0.4) is 0 Å². The van der Waals surface area contributed by atoms with Gasteiger partial charge in [0.15, 0.2) is 0 Å². The first-order valence-corrected chi connectivity index (χ1v) is 10.8. The number of β-amino-alcohol motifs (C(OH)–C–C–N with tert-alkyl or cyclic N) is 1. The Labute approximate surface area is 186 Å². The summed E-state index contributed by atoms with van der Waals surface area (Å²) in [5.41, 5.74) is 1.85. The minimum atomic E-state index is -0.0894. The fourth-order valence-corrected chi connectivity index (χ4v) is 4.05. The van der Waals surface area contributed by atoms with Gasteiger partial charge in [0.25, 0.3) is 0 Å². The second-order valence-electron chi connectivity index (χ2n) is 7.51. The van der Waals surface area contributed by atoms with Gasteiger partial charge >= 0.3 is 0 Å². The number of halogens is 1. The normalized spacial score (nSPS) is 15.8. The van der Waals surface area contributed by atoms with Crippen molar-refractivity contribution in [2.75, 3.05) is 61.9 Å². The maximum atomic E-state index is 9.23. The van der Waals surface area contributed by atoms with Crippen LogP contribution in [0.5, 0.6) is 0 Å². The molecule has 4 rings (SSSR count). The molecule has 0 aliphatic carbocycles. The van der Waals surface area contributed by atoms with Crippen molar-refractivity contribution < 1.29 is 5.11 Å². The second kappa shape index (κ2) is 9.59. The van der Waals surface area contributed by atoms with E-state index in [0.717, 1.165) is 48.5 Å². The van der Waals surface area contributed by atoms with Crippen LogP contribution >= 0.6 is 11.6 Å². The highest BCUT2D eigenvalue weighted by atomic mass is 35.5. The van der Waals surface area contributed by atoms with Crippen molar-refractivity contribution in [3.05, 3.63) is 41.2 Å². The zero-order valence-corrected chi connectivity index (χ0v) is 18.5. The van der Waals surface area contributed by atoms with Crippen LogP contribution in [-0.4, -0.2) is 76.3 Å². The largest absolute Gasteiger partial charge is 0.395 e. The van der Waals surface area contributed by atoms with Gasteiger partial charge in [0, 0.05) is 50.7 Å². The van der Waals surface area contributed by atoms with E-state index in [1.165, 1.54) is 6.33 Å². The number of anilines is 3. The number of nitrogens with zero attached hydrogens (tertiary/aromatic N) is 6. The predicted molar refractivity (Wildman–Crippen MR) is 124 cm³/mol. The van der Waals surface area contributed by atoms with Crippen molar-refractivity contribution in [1.29, 1.82) is 0 Å². The first-order valence-electron chi connectivity index (χ1n) is 10.4. The molecule has 31 heavy (non-hydrogen) atoms. The molecule has 164 valence electrons. The van der Waals surface area contributed by atoms with Crippen molar-refractivity contribution in [2.45, 2.75) is 13.0 Å². The van der Waals surface area contributed by atoms with Crippen LogP contribution in [0.25, 0.3) is 10.9 Å². The van der Waals surface area contributed by atoms with E-state index in [4.69, 9.17) is 16.6 Å². The Balaban J connectivity index is 1.68. The maximum absolute atomic E-state index is 9.23. The van der Waals surface area contributed by atoms with E-state index in [-0.39, 0.29) is 12.6 Å². The summed E-state index contributed by atoms with van der Waals surface area (Å²) in [6.07, 6.45) is 1.48. The summed E-state index contributed by atoms with van der Waals surface area (Å²) in [7, 11) is 1.77. The highest BCUT2D eigenvalue weighted by Crippen LogP contribution is 2.33. The van der Waals surface area contributed by atoms with Gasteiger partial charge < -0.3 is 20.6 Å². The molecule has 0 saturated carbocycles. The summed E-state index contributed by atoms with van der Waals surface area (Å²) >= 11 is 6.46. The number of hydrogen-bond acceptors (Lipinski definition) is 9. The standard InChI is InChI=1S/C21H27ClN8O/c1-14(26-21-25-13-24-20(23-2)28-21)16-12-15-4-3-5-17(22)18(15)27-19(16)30-8-6-29(7-9-30)10-11-31/h3-5,12-14,31H,6-11H2,1-2H3,(H2,23,24,25,26,28). The first kappa shape index (κ1) is 21.5. The molecule has 1 saturated heterocycles. The number of aromatic nitrogens is 4. The van der Waals surface area contributed by atoms with E-state index in [9.17, 15) is 5.11 Å². The average Bonchev–Trinajstić information content (AvgIpc) is 2.79. The van der Waals surface area contributed by atoms with Gasteiger partial charge in [-0.25, -0.2) is 15.0 Å². The lowest BCUT2D eigenvalue weighted by atomic mass is 10.0. The van der Waals surface area contributed by atoms with Crippen LogP contribution in [0, 0.1) is 0 Å². The number of nitrogens with one attached hydrogen (secondary N) is 2. The van der Waals surface area contributed by atoms with E-state index in [0.29, 0.717) is 23.5 Å². The van der Waals surface area contributed by atoms with Gasteiger partial charge in [-0.3, -0.25) is 4.90 Å². The molecule has 9 nitrogen and oxygen atoms in total. The van der Waals surface area contributed by atoms with Gasteiger partial charge in [-0.05, 0) is 19.1 Å². The molecule has 3 N–H and O–H groups in total. The third-order valence-corrected chi connectivity index (χ3v) is 5.81. The summed E-state index contributed by atoms with van der Waals surface area (Å²) in [6.45, 7) is 6.36. The van der Waals surface area contributed by atoms with Crippen molar-refractivity contribution in [3.8, 4) is 0 Å². The average molecular weight is 443 g/mol. The molecule has 0 bridgehead atoms. The maximum Gasteiger partial charge on any atom is 0.227 e. The van der Waals surface area contributed by atoms with E-state index in [1.54, 1.807) is 7.05 Å². The Hall–Kier alpha value is -2.75. The Morgan fingerprint density at radius 2 is 1.90 bits per heavy atom. The molecule has 1 unspecified atom stereocenters. The molecule has 2 aromatic heterocycles. The molecule has 0 spiro atoms. The Morgan fingerprint density at radius 1 is 1.13 bits per heavy atom. The quantitative estimate of drug-likeness (QED) is 0.509. The van der Waals surface area contributed by atoms with Gasteiger partial charge in [0.2, 0.25) is 11.9 Å². The van der Waals surface area contributed by atoms with Gasteiger partial charge in [0.05, 0.1) is 23.2 Å². The number of benzene rings is 1. The molecule has 1 aliphatic heterocycles. The van der Waals surface area contributed by atoms with Gasteiger partial charge in [-0.1, -0.05) is 23.7 Å². The zero-order chi connectivity index (χ0) is 21.8. The Kier molecular flexibility index (Phi) is 6.64. The van der Waals surface area contributed by atoms with Gasteiger partial charge in [-0.15, -0.1) is 0 Å². The third kappa shape index (κ3) is 4.79. The molecule has 1 fully saturated rings. The molecule has 1 atom stereocenters. The summed E-state index contributed by atoms with van der Waals surface area (Å²) < 4.78 is 0. The summed E-state index contributed by atoms with van der Waals surface area (Å²) in [4.78, 5) is 22.2. The summed E-state index contributed by atoms with van der Waals surface area (Å²) in [5, 5.41) is 17.2. The van der Waals surface area contributed by atoms with Crippen LogP contribution in [0.4, 0.5) is 17.7 Å². The second-order valence-corrected chi connectivity index (χ2v) is 7.92. The zero-order valence-electron chi connectivity index (χ0n) is 17.7. The highest BCUT2D eigenvalue weighted by Gasteiger charge is 2.23. The highest BCUT2D eigenvalue weighted by molar-refractivity contribution is 6.35. The molecular formula is C21H27ClN8O. The molecule has 0 amide bonds. The number of hydrogen-bond donors (Lipinski definition) is 3. The minimum Gasteiger partial charge on any atom is -0.395 e. The molecule has 1 aromatic carbocycles. The Bertz CT molecular complexity index is 1040. The van der Waals surface area contributed by atoms with Crippen molar-refractivity contribution in [2.24, 2.45) is 0 Å². The molecule has 10 heteroatoms. The number of piperazine rings is 1. The predicted octanol–water partition coefficient (Wildman–Crippen LogP) is 2.40. The lowest BCUT2D eigenvalue weighted by molar-refractivity contribution is 0.188. The van der Waals surface area contributed by atoms with Gasteiger partial charge in [-0.2, -0.15) is 4.98 Å². The van der Waals surface area contributed by atoms with Crippen LogP contribution in [-0.2, 0) is 0 Å². The fourth-order valence-electron chi connectivity index (χ4n) is 3.82. The SMILES string of the molecule is CNc1ncnc(NC(C)c2cc3cccc(Cl)c3nc2N2CCN(CCO)CC2)n1. The van der Waals surface area contributed by atoms with Crippen molar-refractivity contribution >= 4 is 40.2 Å². The van der Waals surface area contributed by atoms with Gasteiger partial charge in [0.1, 0.15) is 12.1 Å². The van der Waals surface area contributed by atoms with Crippen LogP contribution < -0.4 is 15.5 Å². The van der Waals surface area contributed by atoms with Crippen molar-refractivity contribution in [3.63, 3.8) is 0 Å². The van der Waals surface area contributed by atoms with Crippen LogP contribution in [0.2, 0.25) is 5.02 Å².